The maximum Gasteiger partial charge on any atom is 0.241 e. The molecule has 1 saturated heterocycles. The van der Waals surface area contributed by atoms with E-state index in [9.17, 15) is 4.79 Å². The average molecular weight is 271 g/mol. The summed E-state index contributed by atoms with van der Waals surface area (Å²) in [5, 5.41) is 7.07. The van der Waals surface area contributed by atoms with Gasteiger partial charge in [-0.2, -0.15) is 0 Å². The van der Waals surface area contributed by atoms with Crippen molar-refractivity contribution in [3.8, 4) is 0 Å². The van der Waals surface area contributed by atoms with E-state index in [-0.39, 0.29) is 18.1 Å². The molecule has 20 heavy (non-hydrogen) atoms. The number of carbonyl (C=O) groups excluding carboxylic acids is 1. The molecule has 0 bridgehead atoms. The van der Waals surface area contributed by atoms with Gasteiger partial charge in [0.1, 0.15) is 0 Å². The molecule has 5 heteroatoms. The van der Waals surface area contributed by atoms with E-state index in [1.54, 1.807) is 13.3 Å². The van der Waals surface area contributed by atoms with Gasteiger partial charge in [-0.3, -0.25) is 9.78 Å². The Morgan fingerprint density at radius 2 is 2.30 bits per heavy atom. The molecule has 1 fully saturated rings. The van der Waals surface area contributed by atoms with Gasteiger partial charge in [0.05, 0.1) is 29.5 Å². The second-order valence-corrected chi connectivity index (χ2v) is 4.96. The molecule has 1 aromatic heterocycles. The maximum atomic E-state index is 12.2. The normalized spacial score (nSPS) is 22.1. The summed E-state index contributed by atoms with van der Waals surface area (Å²) in [6.07, 6.45) is 2.49. The number of fused-ring (bicyclic) bond motifs is 1. The molecule has 2 N–H and O–H groups in total. The van der Waals surface area contributed by atoms with Crippen LogP contribution in [-0.2, 0) is 9.53 Å². The van der Waals surface area contributed by atoms with Crippen LogP contribution in [0.3, 0.4) is 0 Å². The first kappa shape index (κ1) is 13.0. The van der Waals surface area contributed by atoms with Gasteiger partial charge >= 0.3 is 0 Å². The average Bonchev–Trinajstić information content (AvgIpc) is 2.96. The molecule has 1 aliphatic heterocycles. The highest BCUT2D eigenvalue weighted by molar-refractivity contribution is 5.96. The number of aromatic nitrogens is 1. The summed E-state index contributed by atoms with van der Waals surface area (Å²) >= 11 is 0. The molecule has 104 valence electrons. The number of benzene rings is 1. The lowest BCUT2D eigenvalue weighted by Crippen LogP contribution is -2.35. The van der Waals surface area contributed by atoms with Crippen molar-refractivity contribution in [2.24, 2.45) is 0 Å². The first-order chi connectivity index (χ1) is 9.76. The number of anilines is 1. The Morgan fingerprint density at radius 3 is 3.10 bits per heavy atom. The van der Waals surface area contributed by atoms with Crippen molar-refractivity contribution < 1.29 is 9.53 Å². The van der Waals surface area contributed by atoms with Crippen molar-refractivity contribution in [3.63, 3.8) is 0 Å². The Hall–Kier alpha value is -1.98. The second kappa shape index (κ2) is 5.56. The first-order valence-electron chi connectivity index (χ1n) is 6.68. The summed E-state index contributed by atoms with van der Waals surface area (Å²) < 4.78 is 5.24. The van der Waals surface area contributed by atoms with Gasteiger partial charge in [0.15, 0.2) is 0 Å². The van der Waals surface area contributed by atoms with E-state index in [2.05, 4.69) is 15.6 Å². The molecule has 0 aliphatic carbocycles. The molecule has 0 radical (unpaired) electrons. The lowest BCUT2D eigenvalue weighted by Gasteiger charge is -2.11. The topological polar surface area (TPSA) is 63.2 Å². The fourth-order valence-electron chi connectivity index (χ4n) is 2.45. The van der Waals surface area contributed by atoms with Gasteiger partial charge in [-0.15, -0.1) is 0 Å². The van der Waals surface area contributed by atoms with E-state index in [4.69, 9.17) is 4.74 Å². The van der Waals surface area contributed by atoms with Crippen molar-refractivity contribution in [1.29, 1.82) is 0 Å². The molecule has 2 atom stereocenters. The first-order valence-corrected chi connectivity index (χ1v) is 6.68. The zero-order chi connectivity index (χ0) is 13.9. The van der Waals surface area contributed by atoms with Crippen LogP contribution in [0.2, 0.25) is 0 Å². The minimum atomic E-state index is -0.202. The van der Waals surface area contributed by atoms with Gasteiger partial charge in [0.25, 0.3) is 0 Å². The molecule has 2 aromatic rings. The molecule has 3 rings (SSSR count). The zero-order valence-corrected chi connectivity index (χ0v) is 11.3. The highest BCUT2D eigenvalue weighted by atomic mass is 16.5. The van der Waals surface area contributed by atoms with Crippen LogP contribution in [-0.4, -0.2) is 36.7 Å². The Kier molecular flexibility index (Phi) is 3.62. The number of hydrogen-bond acceptors (Lipinski definition) is 4. The van der Waals surface area contributed by atoms with Gasteiger partial charge in [-0.1, -0.05) is 18.2 Å². The molecule has 2 unspecified atom stereocenters. The van der Waals surface area contributed by atoms with Crippen LogP contribution in [0.4, 0.5) is 5.69 Å². The lowest BCUT2D eigenvalue weighted by atomic mass is 10.2. The van der Waals surface area contributed by atoms with E-state index in [1.165, 1.54) is 0 Å². The van der Waals surface area contributed by atoms with Gasteiger partial charge in [0, 0.05) is 19.0 Å². The predicted molar refractivity (Wildman–Crippen MR) is 77.6 cm³/mol. The third-order valence-corrected chi connectivity index (χ3v) is 3.60. The number of nitrogens with zero attached hydrogens (tertiary/aromatic N) is 1. The SMILES string of the molecule is COC1CNC(C(=O)Nc2cnc3ccccc3c2)C1. The van der Waals surface area contributed by atoms with E-state index in [0.29, 0.717) is 13.0 Å². The molecule has 1 amide bonds. The Morgan fingerprint density at radius 1 is 1.45 bits per heavy atom. The fourth-order valence-corrected chi connectivity index (χ4v) is 2.45. The molecular weight excluding hydrogens is 254 g/mol. The highest BCUT2D eigenvalue weighted by Crippen LogP contribution is 2.17. The third kappa shape index (κ3) is 2.64. The van der Waals surface area contributed by atoms with Crippen molar-refractivity contribution >= 4 is 22.5 Å². The van der Waals surface area contributed by atoms with E-state index in [0.717, 1.165) is 16.6 Å². The van der Waals surface area contributed by atoms with Crippen LogP contribution in [0.15, 0.2) is 36.5 Å². The standard InChI is InChI=1S/C15H17N3O2/c1-20-12-7-14(17-9-12)15(19)18-11-6-10-4-2-3-5-13(10)16-8-11/h2-6,8,12,14,17H,7,9H2,1H3,(H,18,19). The van der Waals surface area contributed by atoms with Crippen LogP contribution in [0, 0.1) is 0 Å². The minimum absolute atomic E-state index is 0.0402. The molecule has 1 aromatic carbocycles. The number of para-hydroxylation sites is 1. The number of amides is 1. The van der Waals surface area contributed by atoms with E-state index < -0.39 is 0 Å². The van der Waals surface area contributed by atoms with E-state index >= 15 is 0 Å². The third-order valence-electron chi connectivity index (χ3n) is 3.60. The van der Waals surface area contributed by atoms with Crippen molar-refractivity contribution in [2.45, 2.75) is 18.6 Å². The van der Waals surface area contributed by atoms with E-state index in [1.807, 2.05) is 30.3 Å². The summed E-state index contributed by atoms with van der Waals surface area (Å²) in [7, 11) is 1.67. The summed E-state index contributed by atoms with van der Waals surface area (Å²) in [4.78, 5) is 16.5. The largest absolute Gasteiger partial charge is 0.380 e. The Balaban J connectivity index is 1.71. The predicted octanol–water partition coefficient (Wildman–Crippen LogP) is 1.55. The van der Waals surface area contributed by atoms with Gasteiger partial charge in [-0.25, -0.2) is 0 Å². The summed E-state index contributed by atoms with van der Waals surface area (Å²) in [5.74, 6) is -0.0402. The summed E-state index contributed by atoms with van der Waals surface area (Å²) in [6, 6.07) is 9.56. The number of carbonyl (C=O) groups is 1. The smallest absolute Gasteiger partial charge is 0.241 e. The summed E-state index contributed by atoms with van der Waals surface area (Å²) in [5.41, 5.74) is 1.64. The molecular formula is C15H17N3O2. The van der Waals surface area contributed by atoms with Crippen molar-refractivity contribution in [1.82, 2.24) is 10.3 Å². The summed E-state index contributed by atoms with van der Waals surface area (Å²) in [6.45, 7) is 0.713. The van der Waals surface area contributed by atoms with Gasteiger partial charge in [-0.05, 0) is 18.6 Å². The number of pyridine rings is 1. The molecule has 5 nitrogen and oxygen atoms in total. The number of ether oxygens (including phenoxy) is 1. The lowest BCUT2D eigenvalue weighted by molar-refractivity contribution is -0.118. The fraction of sp³-hybridized carbons (Fsp3) is 0.333. The van der Waals surface area contributed by atoms with Crippen LogP contribution >= 0.6 is 0 Å². The molecule has 1 aliphatic rings. The maximum absolute atomic E-state index is 12.2. The number of methoxy groups -OCH3 is 1. The minimum Gasteiger partial charge on any atom is -0.380 e. The van der Waals surface area contributed by atoms with Gasteiger partial charge in [0.2, 0.25) is 5.91 Å². The Labute approximate surface area is 117 Å². The number of rotatable bonds is 3. The molecule has 2 heterocycles. The van der Waals surface area contributed by atoms with Crippen molar-refractivity contribution in [2.75, 3.05) is 19.0 Å². The second-order valence-electron chi connectivity index (χ2n) is 4.96. The van der Waals surface area contributed by atoms with Crippen LogP contribution < -0.4 is 10.6 Å². The monoisotopic (exact) mass is 271 g/mol. The van der Waals surface area contributed by atoms with Crippen LogP contribution in [0.1, 0.15) is 6.42 Å². The van der Waals surface area contributed by atoms with Crippen molar-refractivity contribution in [3.05, 3.63) is 36.5 Å². The quantitative estimate of drug-likeness (QED) is 0.889. The van der Waals surface area contributed by atoms with Crippen LogP contribution in [0.5, 0.6) is 0 Å². The zero-order valence-electron chi connectivity index (χ0n) is 11.3. The molecule has 0 spiro atoms. The van der Waals surface area contributed by atoms with Gasteiger partial charge < -0.3 is 15.4 Å². The highest BCUT2D eigenvalue weighted by Gasteiger charge is 2.29. The number of nitrogens with one attached hydrogen (secondary N) is 2. The molecule has 0 saturated carbocycles. The Bertz CT molecular complexity index is 629. The number of hydrogen-bond donors (Lipinski definition) is 2. The van der Waals surface area contributed by atoms with Crippen LogP contribution in [0.25, 0.3) is 10.9 Å².